The molecule has 0 fully saturated rings. The van der Waals surface area contributed by atoms with Crippen LogP contribution < -0.4 is 22.5 Å². The van der Waals surface area contributed by atoms with E-state index in [4.69, 9.17) is 17.2 Å². The standard InChI is InChI=1S/C14H24N6/c1-2-3-4-7-10-18-14(17)20-12-9-6-5-8-11(12)19-13(15)16/h5-6,8-9H,2-4,7,10H2,1H3,(H4,15,16,19)(H3,17,18,20). The van der Waals surface area contributed by atoms with Crippen LogP contribution in [0.3, 0.4) is 0 Å². The second-order valence-corrected chi connectivity index (χ2v) is 4.51. The van der Waals surface area contributed by atoms with Gasteiger partial charge in [-0.1, -0.05) is 38.3 Å². The zero-order valence-electron chi connectivity index (χ0n) is 12.0. The van der Waals surface area contributed by atoms with E-state index in [9.17, 15) is 0 Å². The summed E-state index contributed by atoms with van der Waals surface area (Å²) in [6.45, 7) is 2.91. The highest BCUT2D eigenvalue weighted by molar-refractivity contribution is 5.95. The third-order valence-electron chi connectivity index (χ3n) is 2.71. The number of nitrogens with zero attached hydrogens (tertiary/aromatic N) is 2. The van der Waals surface area contributed by atoms with Crippen molar-refractivity contribution in [3.8, 4) is 0 Å². The monoisotopic (exact) mass is 276 g/mol. The molecule has 0 saturated heterocycles. The first kappa shape index (κ1) is 15.8. The normalized spacial score (nSPS) is 11.2. The fourth-order valence-electron chi connectivity index (χ4n) is 1.73. The van der Waals surface area contributed by atoms with Crippen molar-refractivity contribution < 1.29 is 0 Å². The Kier molecular flexibility index (Phi) is 6.95. The van der Waals surface area contributed by atoms with E-state index in [0.717, 1.165) is 18.7 Å². The lowest BCUT2D eigenvalue weighted by molar-refractivity contribution is 0.675. The molecule has 6 nitrogen and oxygen atoms in total. The van der Waals surface area contributed by atoms with Crippen LogP contribution in [0.2, 0.25) is 0 Å². The number of aliphatic imine (C=N–C) groups is 2. The largest absolute Gasteiger partial charge is 0.370 e. The summed E-state index contributed by atoms with van der Waals surface area (Å²) in [6.07, 6.45) is 4.67. The summed E-state index contributed by atoms with van der Waals surface area (Å²) in [6, 6.07) is 7.38. The molecule has 0 radical (unpaired) electrons. The van der Waals surface area contributed by atoms with Crippen molar-refractivity contribution >= 4 is 23.3 Å². The van der Waals surface area contributed by atoms with Crippen LogP contribution in [0.4, 0.5) is 11.4 Å². The minimum absolute atomic E-state index is 0.00864. The smallest absolute Gasteiger partial charge is 0.193 e. The van der Waals surface area contributed by atoms with E-state index in [1.54, 1.807) is 6.07 Å². The molecule has 1 aromatic rings. The summed E-state index contributed by atoms with van der Waals surface area (Å²) in [7, 11) is 0. The molecular formula is C14H24N6. The zero-order valence-corrected chi connectivity index (χ0v) is 12.0. The summed E-state index contributed by atoms with van der Waals surface area (Å²) in [5.41, 5.74) is 18.0. The minimum Gasteiger partial charge on any atom is -0.370 e. The highest BCUT2D eigenvalue weighted by Crippen LogP contribution is 2.23. The third-order valence-corrected chi connectivity index (χ3v) is 2.71. The Hall–Kier alpha value is -2.24. The molecule has 0 amide bonds. The number of nitrogens with one attached hydrogen (secondary N) is 1. The van der Waals surface area contributed by atoms with Gasteiger partial charge in [0.1, 0.15) is 0 Å². The third kappa shape index (κ3) is 6.08. The van der Waals surface area contributed by atoms with Crippen LogP contribution in [-0.2, 0) is 0 Å². The molecule has 0 aromatic heterocycles. The maximum absolute atomic E-state index is 5.85. The lowest BCUT2D eigenvalue weighted by Gasteiger charge is -2.08. The van der Waals surface area contributed by atoms with Crippen molar-refractivity contribution in [2.45, 2.75) is 32.6 Å². The molecule has 0 saturated carbocycles. The van der Waals surface area contributed by atoms with Crippen LogP contribution in [0, 0.1) is 0 Å². The summed E-state index contributed by atoms with van der Waals surface area (Å²) in [5, 5.41) is 3.02. The Morgan fingerprint density at radius 3 is 2.55 bits per heavy atom. The topological polar surface area (TPSA) is 115 Å². The van der Waals surface area contributed by atoms with Crippen molar-refractivity contribution in [2.75, 3.05) is 11.9 Å². The number of benzene rings is 1. The van der Waals surface area contributed by atoms with Crippen molar-refractivity contribution in [2.24, 2.45) is 27.2 Å². The SMILES string of the molecule is CCCCCCN=C(N)Nc1ccccc1N=C(N)N. The summed E-state index contributed by atoms with van der Waals surface area (Å²) < 4.78 is 0. The van der Waals surface area contributed by atoms with Crippen molar-refractivity contribution in [1.29, 1.82) is 0 Å². The van der Waals surface area contributed by atoms with Gasteiger partial charge in [0.05, 0.1) is 11.4 Å². The molecular weight excluding hydrogens is 252 g/mol. The number of nitrogens with two attached hydrogens (primary N) is 3. The van der Waals surface area contributed by atoms with Gasteiger partial charge in [-0.3, -0.25) is 4.99 Å². The predicted octanol–water partition coefficient (Wildman–Crippen LogP) is 1.90. The van der Waals surface area contributed by atoms with Crippen LogP contribution in [0.5, 0.6) is 0 Å². The van der Waals surface area contributed by atoms with Gasteiger partial charge in [-0.2, -0.15) is 0 Å². The van der Waals surface area contributed by atoms with Gasteiger partial charge in [-0.15, -0.1) is 0 Å². The van der Waals surface area contributed by atoms with Crippen molar-refractivity contribution in [3.63, 3.8) is 0 Å². The molecule has 0 bridgehead atoms. The predicted molar refractivity (Wildman–Crippen MR) is 86.2 cm³/mol. The van der Waals surface area contributed by atoms with E-state index in [1.807, 2.05) is 18.2 Å². The summed E-state index contributed by atoms with van der Waals surface area (Å²) in [5.74, 6) is 0.383. The van der Waals surface area contributed by atoms with E-state index in [-0.39, 0.29) is 5.96 Å². The first-order valence-electron chi connectivity index (χ1n) is 6.89. The number of rotatable bonds is 7. The molecule has 0 aliphatic heterocycles. The Morgan fingerprint density at radius 2 is 1.85 bits per heavy atom. The van der Waals surface area contributed by atoms with Gasteiger partial charge in [-0.05, 0) is 18.6 Å². The first-order chi connectivity index (χ1) is 9.63. The molecule has 0 aliphatic carbocycles. The van der Waals surface area contributed by atoms with Gasteiger partial charge >= 0.3 is 0 Å². The van der Waals surface area contributed by atoms with E-state index in [1.165, 1.54) is 19.3 Å². The molecule has 0 unspecified atom stereocenters. The Bertz CT molecular complexity index is 462. The average Bonchev–Trinajstić information content (AvgIpc) is 2.40. The fraction of sp³-hybridized carbons (Fsp3) is 0.429. The van der Waals surface area contributed by atoms with Crippen molar-refractivity contribution in [1.82, 2.24) is 0 Å². The molecule has 7 N–H and O–H groups in total. The van der Waals surface area contributed by atoms with E-state index in [0.29, 0.717) is 11.6 Å². The van der Waals surface area contributed by atoms with E-state index >= 15 is 0 Å². The molecule has 110 valence electrons. The van der Waals surface area contributed by atoms with Crippen LogP contribution in [0.15, 0.2) is 34.3 Å². The van der Waals surface area contributed by atoms with Gasteiger partial charge in [0.25, 0.3) is 0 Å². The highest BCUT2D eigenvalue weighted by atomic mass is 15.1. The molecule has 1 rings (SSSR count). The number of hydrogen-bond donors (Lipinski definition) is 4. The van der Waals surface area contributed by atoms with Crippen molar-refractivity contribution in [3.05, 3.63) is 24.3 Å². The molecule has 20 heavy (non-hydrogen) atoms. The lowest BCUT2D eigenvalue weighted by atomic mass is 10.2. The maximum Gasteiger partial charge on any atom is 0.193 e. The fourth-order valence-corrected chi connectivity index (χ4v) is 1.73. The Labute approximate surface area is 120 Å². The number of para-hydroxylation sites is 2. The zero-order chi connectivity index (χ0) is 14.8. The lowest BCUT2D eigenvalue weighted by Crippen LogP contribution is -2.24. The second kappa shape index (κ2) is 8.79. The average molecular weight is 276 g/mol. The molecule has 1 aromatic carbocycles. The van der Waals surface area contributed by atoms with Crippen LogP contribution in [0.25, 0.3) is 0 Å². The second-order valence-electron chi connectivity index (χ2n) is 4.51. The summed E-state index contributed by atoms with van der Waals surface area (Å²) >= 11 is 0. The quantitative estimate of drug-likeness (QED) is 0.346. The molecule has 0 aliphatic rings. The highest BCUT2D eigenvalue weighted by Gasteiger charge is 2.01. The van der Waals surface area contributed by atoms with E-state index in [2.05, 4.69) is 22.2 Å². The van der Waals surface area contributed by atoms with Crippen LogP contribution in [-0.4, -0.2) is 18.5 Å². The number of anilines is 1. The van der Waals surface area contributed by atoms with Gasteiger partial charge in [-0.25, -0.2) is 4.99 Å². The van der Waals surface area contributed by atoms with Crippen LogP contribution in [0.1, 0.15) is 32.6 Å². The molecule has 6 heteroatoms. The maximum atomic E-state index is 5.85. The van der Waals surface area contributed by atoms with Crippen LogP contribution >= 0.6 is 0 Å². The van der Waals surface area contributed by atoms with Gasteiger partial charge < -0.3 is 22.5 Å². The summed E-state index contributed by atoms with van der Waals surface area (Å²) in [4.78, 5) is 8.32. The van der Waals surface area contributed by atoms with Gasteiger partial charge in [0.15, 0.2) is 11.9 Å². The Morgan fingerprint density at radius 1 is 1.10 bits per heavy atom. The number of unbranched alkanes of at least 4 members (excludes halogenated alkanes) is 3. The first-order valence-corrected chi connectivity index (χ1v) is 6.89. The van der Waals surface area contributed by atoms with Gasteiger partial charge in [0, 0.05) is 6.54 Å². The Balaban J connectivity index is 2.59. The number of hydrogen-bond acceptors (Lipinski definition) is 2. The van der Waals surface area contributed by atoms with E-state index < -0.39 is 0 Å². The number of guanidine groups is 2. The van der Waals surface area contributed by atoms with Gasteiger partial charge in [0.2, 0.25) is 0 Å². The molecule has 0 spiro atoms. The minimum atomic E-state index is 0.00864. The molecule has 0 heterocycles. The molecule has 0 atom stereocenters.